The second-order valence-electron chi connectivity index (χ2n) is 2.25. The van der Waals surface area contributed by atoms with Crippen molar-refractivity contribution in [1.82, 2.24) is 4.90 Å². The molecule has 0 aliphatic heterocycles. The van der Waals surface area contributed by atoms with Gasteiger partial charge in [0.05, 0.1) is 6.10 Å². The van der Waals surface area contributed by atoms with Crippen LogP contribution in [0.3, 0.4) is 0 Å². The molecule has 3 nitrogen and oxygen atoms in total. The summed E-state index contributed by atoms with van der Waals surface area (Å²) in [6, 6.07) is 0. The maximum absolute atomic E-state index is 10.5. The van der Waals surface area contributed by atoms with E-state index in [0.717, 1.165) is 0 Å². The van der Waals surface area contributed by atoms with Crippen LogP contribution in [0.1, 0.15) is 13.8 Å². The normalized spacial score (nSPS) is 12.9. The summed E-state index contributed by atoms with van der Waals surface area (Å²) in [5.74, 6) is -0.0177. The summed E-state index contributed by atoms with van der Waals surface area (Å²) in [7, 11) is 1.66. The Hall–Kier alpha value is -0.570. The molecule has 0 rings (SSSR count). The maximum Gasteiger partial charge on any atom is 0.219 e. The molecule has 54 valence electrons. The van der Waals surface area contributed by atoms with Crippen LogP contribution in [0.15, 0.2) is 0 Å². The molecule has 0 aliphatic rings. The summed E-state index contributed by atoms with van der Waals surface area (Å²) in [4.78, 5) is 12.0. The van der Waals surface area contributed by atoms with Gasteiger partial charge in [-0.2, -0.15) is 0 Å². The summed E-state index contributed by atoms with van der Waals surface area (Å²) in [5, 5.41) is 8.78. The van der Waals surface area contributed by atoms with Crippen molar-refractivity contribution in [2.45, 2.75) is 20.0 Å². The molecule has 1 N–H and O–H groups in total. The highest BCUT2D eigenvalue weighted by molar-refractivity contribution is 5.72. The van der Waals surface area contributed by atoms with Crippen LogP contribution in [0.4, 0.5) is 0 Å². The Labute approximate surface area is 55.3 Å². The van der Waals surface area contributed by atoms with Gasteiger partial charge in [0.15, 0.2) is 0 Å². The van der Waals surface area contributed by atoms with Crippen molar-refractivity contribution in [3.63, 3.8) is 0 Å². The van der Waals surface area contributed by atoms with Crippen LogP contribution in [0.25, 0.3) is 0 Å². The number of carbonyl (C=O) groups is 1. The largest absolute Gasteiger partial charge is 0.392 e. The number of hydrogen-bond donors (Lipinski definition) is 1. The monoisotopic (exact) mass is 131 g/mol. The molecular formula is C6H13NO2. The van der Waals surface area contributed by atoms with E-state index in [-0.39, 0.29) is 5.91 Å². The Kier molecular flexibility index (Phi) is 3.24. The number of rotatable bonds is 2. The molecule has 0 saturated heterocycles. The molecule has 0 heterocycles. The van der Waals surface area contributed by atoms with Crippen LogP contribution in [-0.4, -0.2) is 35.6 Å². The van der Waals surface area contributed by atoms with E-state index >= 15 is 0 Å². The first kappa shape index (κ1) is 8.43. The Bertz CT molecular complexity index is 101. The van der Waals surface area contributed by atoms with Gasteiger partial charge in [0.1, 0.15) is 0 Å². The lowest BCUT2D eigenvalue weighted by Crippen LogP contribution is -2.30. The fourth-order valence-corrected chi connectivity index (χ4v) is 0.525. The average Bonchev–Trinajstić information content (AvgIpc) is 1.63. The van der Waals surface area contributed by atoms with E-state index in [0.29, 0.717) is 6.54 Å². The molecule has 0 aliphatic carbocycles. The van der Waals surface area contributed by atoms with E-state index in [1.807, 2.05) is 0 Å². The molecule has 9 heavy (non-hydrogen) atoms. The molecule has 0 radical (unpaired) electrons. The standard InChI is InChI=1S/C6H13NO2/c1-5(8)4-7(3)6(2)9/h5,8H,4H2,1-3H3/t5-/m0/s1. The minimum absolute atomic E-state index is 0.0177. The van der Waals surface area contributed by atoms with Gasteiger partial charge in [-0.1, -0.05) is 0 Å². The third-order valence-electron chi connectivity index (χ3n) is 1.08. The predicted molar refractivity (Wildman–Crippen MR) is 35.0 cm³/mol. The number of aliphatic hydroxyl groups is 1. The SMILES string of the molecule is CC(=O)N(C)C[C@H](C)O. The van der Waals surface area contributed by atoms with E-state index < -0.39 is 6.10 Å². The fourth-order valence-electron chi connectivity index (χ4n) is 0.525. The van der Waals surface area contributed by atoms with E-state index in [2.05, 4.69) is 0 Å². The van der Waals surface area contributed by atoms with Gasteiger partial charge in [-0.3, -0.25) is 4.79 Å². The first-order valence-electron chi connectivity index (χ1n) is 2.93. The van der Waals surface area contributed by atoms with Crippen molar-refractivity contribution in [3.05, 3.63) is 0 Å². The third kappa shape index (κ3) is 3.97. The summed E-state index contributed by atoms with van der Waals surface area (Å²) in [6.07, 6.45) is -0.432. The van der Waals surface area contributed by atoms with Gasteiger partial charge >= 0.3 is 0 Å². The molecule has 0 aromatic carbocycles. The number of likely N-dealkylation sites (N-methyl/N-ethyl adjacent to an activating group) is 1. The maximum atomic E-state index is 10.5. The topological polar surface area (TPSA) is 40.5 Å². The molecule has 0 aromatic rings. The molecule has 0 unspecified atom stereocenters. The summed E-state index contributed by atoms with van der Waals surface area (Å²) < 4.78 is 0. The minimum atomic E-state index is -0.432. The van der Waals surface area contributed by atoms with Gasteiger partial charge < -0.3 is 10.0 Å². The van der Waals surface area contributed by atoms with E-state index in [1.165, 1.54) is 11.8 Å². The number of hydrogen-bond acceptors (Lipinski definition) is 2. The lowest BCUT2D eigenvalue weighted by atomic mass is 10.4. The molecule has 0 fully saturated rings. The number of amides is 1. The predicted octanol–water partition coefficient (Wildman–Crippen LogP) is -0.155. The smallest absolute Gasteiger partial charge is 0.219 e. The van der Waals surface area contributed by atoms with Gasteiger partial charge in [-0.15, -0.1) is 0 Å². The molecule has 3 heteroatoms. The molecule has 1 amide bonds. The molecule has 0 spiro atoms. The lowest BCUT2D eigenvalue weighted by Gasteiger charge is -2.15. The molecular weight excluding hydrogens is 118 g/mol. The number of nitrogens with zero attached hydrogens (tertiary/aromatic N) is 1. The van der Waals surface area contributed by atoms with Crippen molar-refractivity contribution in [2.75, 3.05) is 13.6 Å². The molecule has 0 bridgehead atoms. The molecule has 0 saturated carbocycles. The van der Waals surface area contributed by atoms with Gasteiger partial charge in [0.2, 0.25) is 5.91 Å². The Morgan fingerprint density at radius 1 is 1.78 bits per heavy atom. The van der Waals surface area contributed by atoms with E-state index in [4.69, 9.17) is 5.11 Å². The lowest BCUT2D eigenvalue weighted by molar-refractivity contribution is -0.128. The summed E-state index contributed by atoms with van der Waals surface area (Å²) in [6.45, 7) is 3.54. The van der Waals surface area contributed by atoms with Crippen molar-refractivity contribution in [1.29, 1.82) is 0 Å². The van der Waals surface area contributed by atoms with Crippen LogP contribution >= 0.6 is 0 Å². The fraction of sp³-hybridized carbons (Fsp3) is 0.833. The highest BCUT2D eigenvalue weighted by atomic mass is 16.3. The van der Waals surface area contributed by atoms with Crippen LogP contribution in [0, 0.1) is 0 Å². The van der Waals surface area contributed by atoms with Crippen molar-refractivity contribution < 1.29 is 9.90 Å². The highest BCUT2D eigenvalue weighted by Gasteiger charge is 2.03. The van der Waals surface area contributed by atoms with Gasteiger partial charge in [-0.25, -0.2) is 0 Å². The minimum Gasteiger partial charge on any atom is -0.392 e. The van der Waals surface area contributed by atoms with Crippen molar-refractivity contribution in [3.8, 4) is 0 Å². The summed E-state index contributed by atoms with van der Waals surface area (Å²) in [5.41, 5.74) is 0. The zero-order valence-electron chi connectivity index (χ0n) is 6.09. The van der Waals surface area contributed by atoms with Crippen LogP contribution in [0.5, 0.6) is 0 Å². The molecule has 1 atom stereocenters. The summed E-state index contributed by atoms with van der Waals surface area (Å²) >= 11 is 0. The molecule has 0 aromatic heterocycles. The van der Waals surface area contributed by atoms with Crippen LogP contribution < -0.4 is 0 Å². The second-order valence-corrected chi connectivity index (χ2v) is 2.25. The number of aliphatic hydroxyl groups excluding tert-OH is 1. The van der Waals surface area contributed by atoms with E-state index in [1.54, 1.807) is 14.0 Å². The third-order valence-corrected chi connectivity index (χ3v) is 1.08. The number of carbonyl (C=O) groups excluding carboxylic acids is 1. The quantitative estimate of drug-likeness (QED) is 0.566. The van der Waals surface area contributed by atoms with E-state index in [9.17, 15) is 4.79 Å². The first-order valence-corrected chi connectivity index (χ1v) is 2.93. The van der Waals surface area contributed by atoms with Gasteiger partial charge in [-0.05, 0) is 6.92 Å². The Balaban J connectivity index is 3.50. The average molecular weight is 131 g/mol. The Morgan fingerprint density at radius 2 is 2.22 bits per heavy atom. The van der Waals surface area contributed by atoms with Gasteiger partial charge in [0, 0.05) is 20.5 Å². The zero-order valence-corrected chi connectivity index (χ0v) is 6.09. The van der Waals surface area contributed by atoms with Crippen LogP contribution in [-0.2, 0) is 4.79 Å². The van der Waals surface area contributed by atoms with Gasteiger partial charge in [0.25, 0.3) is 0 Å². The highest BCUT2D eigenvalue weighted by Crippen LogP contribution is 1.86. The zero-order chi connectivity index (χ0) is 7.44. The Morgan fingerprint density at radius 3 is 2.33 bits per heavy atom. The van der Waals surface area contributed by atoms with Crippen molar-refractivity contribution >= 4 is 5.91 Å². The van der Waals surface area contributed by atoms with Crippen molar-refractivity contribution in [2.24, 2.45) is 0 Å². The van der Waals surface area contributed by atoms with Crippen LogP contribution in [0.2, 0.25) is 0 Å². The first-order chi connectivity index (χ1) is 4.04. The second kappa shape index (κ2) is 3.45.